The molecule has 0 saturated carbocycles. The normalized spacial score (nSPS) is 20.8. The van der Waals surface area contributed by atoms with Gasteiger partial charge < -0.3 is 14.6 Å². The molecular formula is C15H20O4. The summed E-state index contributed by atoms with van der Waals surface area (Å²) in [6.45, 7) is 3.13. The molecule has 104 valence electrons. The van der Waals surface area contributed by atoms with Crippen molar-refractivity contribution in [2.24, 2.45) is 5.92 Å². The third kappa shape index (κ3) is 3.96. The summed E-state index contributed by atoms with van der Waals surface area (Å²) in [4.78, 5) is 10.9. The monoisotopic (exact) mass is 264 g/mol. The number of carboxylic acids is 1. The Morgan fingerprint density at radius 3 is 3.00 bits per heavy atom. The van der Waals surface area contributed by atoms with E-state index in [0.717, 1.165) is 30.8 Å². The van der Waals surface area contributed by atoms with Crippen molar-refractivity contribution in [2.75, 3.05) is 13.2 Å². The van der Waals surface area contributed by atoms with E-state index in [1.54, 1.807) is 6.92 Å². The van der Waals surface area contributed by atoms with Crippen LogP contribution < -0.4 is 4.74 Å². The van der Waals surface area contributed by atoms with Gasteiger partial charge in [0.25, 0.3) is 0 Å². The number of aliphatic carboxylic acids is 1. The average molecular weight is 264 g/mol. The van der Waals surface area contributed by atoms with E-state index in [2.05, 4.69) is 0 Å². The van der Waals surface area contributed by atoms with Crippen LogP contribution in [0.3, 0.4) is 0 Å². The van der Waals surface area contributed by atoms with Gasteiger partial charge in [0, 0.05) is 6.61 Å². The van der Waals surface area contributed by atoms with Gasteiger partial charge in [-0.15, -0.1) is 0 Å². The van der Waals surface area contributed by atoms with Gasteiger partial charge in [0.05, 0.1) is 12.5 Å². The van der Waals surface area contributed by atoms with Crippen LogP contribution in [-0.2, 0) is 16.0 Å². The molecule has 1 saturated heterocycles. The molecule has 0 bridgehead atoms. The van der Waals surface area contributed by atoms with E-state index in [1.165, 1.54) is 0 Å². The van der Waals surface area contributed by atoms with Crippen LogP contribution in [0.2, 0.25) is 0 Å². The highest BCUT2D eigenvalue weighted by Crippen LogP contribution is 2.24. The van der Waals surface area contributed by atoms with Crippen LogP contribution in [0.5, 0.6) is 5.75 Å². The number of para-hydroxylation sites is 1. The fourth-order valence-corrected chi connectivity index (χ4v) is 2.19. The van der Waals surface area contributed by atoms with Gasteiger partial charge in [-0.3, -0.25) is 4.79 Å². The van der Waals surface area contributed by atoms with Gasteiger partial charge in [-0.05, 0) is 30.9 Å². The van der Waals surface area contributed by atoms with Crippen molar-refractivity contribution < 1.29 is 19.4 Å². The maximum Gasteiger partial charge on any atom is 0.306 e. The number of hydrogen-bond acceptors (Lipinski definition) is 3. The van der Waals surface area contributed by atoms with Gasteiger partial charge in [0.1, 0.15) is 11.9 Å². The summed E-state index contributed by atoms with van der Waals surface area (Å²) in [5.74, 6) is -0.408. The minimum absolute atomic E-state index is 0.0787. The van der Waals surface area contributed by atoms with Crippen molar-refractivity contribution in [1.29, 1.82) is 0 Å². The fraction of sp³-hybridized carbons (Fsp3) is 0.533. The minimum Gasteiger partial charge on any atom is -0.488 e. The van der Waals surface area contributed by atoms with Crippen molar-refractivity contribution in [1.82, 2.24) is 0 Å². The standard InChI is InChI=1S/C15H20O4/c1-11(15(16)17)9-12-5-2-3-7-14(12)19-13-6-4-8-18-10-13/h2-3,5,7,11,13H,4,6,8-10H2,1H3,(H,16,17). The molecule has 4 heteroatoms. The number of benzene rings is 1. The SMILES string of the molecule is CC(Cc1ccccc1OC1CCCOC1)C(=O)O. The smallest absolute Gasteiger partial charge is 0.306 e. The van der Waals surface area contributed by atoms with Crippen molar-refractivity contribution in [3.63, 3.8) is 0 Å². The highest BCUT2D eigenvalue weighted by atomic mass is 16.5. The molecule has 1 aromatic carbocycles. The van der Waals surface area contributed by atoms with Crippen molar-refractivity contribution >= 4 is 5.97 Å². The van der Waals surface area contributed by atoms with Crippen molar-refractivity contribution in [3.05, 3.63) is 29.8 Å². The number of hydrogen-bond donors (Lipinski definition) is 1. The fourth-order valence-electron chi connectivity index (χ4n) is 2.19. The number of carbonyl (C=O) groups is 1. The van der Waals surface area contributed by atoms with Gasteiger partial charge in [0.2, 0.25) is 0 Å². The Kier molecular flexibility index (Phi) is 4.80. The molecular weight excluding hydrogens is 244 g/mol. The zero-order chi connectivity index (χ0) is 13.7. The van der Waals surface area contributed by atoms with E-state index in [4.69, 9.17) is 14.6 Å². The first-order chi connectivity index (χ1) is 9.16. The maximum atomic E-state index is 10.9. The zero-order valence-electron chi connectivity index (χ0n) is 11.2. The Bertz CT molecular complexity index is 424. The predicted molar refractivity (Wildman–Crippen MR) is 71.4 cm³/mol. The molecule has 2 rings (SSSR count). The molecule has 19 heavy (non-hydrogen) atoms. The minimum atomic E-state index is -0.782. The summed E-state index contributed by atoms with van der Waals surface area (Å²) in [5.41, 5.74) is 0.947. The summed E-state index contributed by atoms with van der Waals surface area (Å²) in [6.07, 6.45) is 2.57. The third-order valence-corrected chi connectivity index (χ3v) is 3.33. The van der Waals surface area contributed by atoms with Gasteiger partial charge in [-0.2, -0.15) is 0 Å². The average Bonchev–Trinajstić information content (AvgIpc) is 2.42. The Morgan fingerprint density at radius 1 is 1.53 bits per heavy atom. The Balaban J connectivity index is 2.04. The summed E-state index contributed by atoms with van der Waals surface area (Å²) < 4.78 is 11.3. The molecule has 0 aromatic heterocycles. The Morgan fingerprint density at radius 2 is 2.32 bits per heavy atom. The molecule has 2 atom stereocenters. The Labute approximate surface area is 113 Å². The number of carboxylic acid groups (broad SMARTS) is 1. The van der Waals surface area contributed by atoms with Crippen LogP contribution in [0, 0.1) is 5.92 Å². The maximum absolute atomic E-state index is 10.9. The Hall–Kier alpha value is -1.55. The first-order valence-corrected chi connectivity index (χ1v) is 6.72. The third-order valence-electron chi connectivity index (χ3n) is 3.33. The van der Waals surface area contributed by atoms with Gasteiger partial charge in [0.15, 0.2) is 0 Å². The van der Waals surface area contributed by atoms with Crippen LogP contribution in [0.15, 0.2) is 24.3 Å². The van der Waals surface area contributed by atoms with Crippen LogP contribution in [0.25, 0.3) is 0 Å². The lowest BCUT2D eigenvalue weighted by Crippen LogP contribution is -2.28. The summed E-state index contributed by atoms with van der Waals surface area (Å²) in [5, 5.41) is 8.99. The largest absolute Gasteiger partial charge is 0.488 e. The van der Waals surface area contributed by atoms with E-state index in [9.17, 15) is 4.79 Å². The molecule has 4 nitrogen and oxygen atoms in total. The molecule has 1 N–H and O–H groups in total. The summed E-state index contributed by atoms with van der Waals surface area (Å²) in [7, 11) is 0. The second-order valence-corrected chi connectivity index (χ2v) is 5.01. The van der Waals surface area contributed by atoms with Crippen molar-refractivity contribution in [2.45, 2.75) is 32.3 Å². The molecule has 0 radical (unpaired) electrons. The topological polar surface area (TPSA) is 55.8 Å². The predicted octanol–water partition coefficient (Wildman–Crippen LogP) is 2.51. The summed E-state index contributed by atoms with van der Waals surface area (Å²) >= 11 is 0. The van der Waals surface area contributed by atoms with E-state index in [1.807, 2.05) is 24.3 Å². The second kappa shape index (κ2) is 6.57. The number of rotatable bonds is 5. The lowest BCUT2D eigenvalue weighted by atomic mass is 10.0. The molecule has 1 fully saturated rings. The lowest BCUT2D eigenvalue weighted by molar-refractivity contribution is -0.141. The van der Waals surface area contributed by atoms with E-state index in [0.29, 0.717) is 13.0 Å². The highest BCUT2D eigenvalue weighted by molar-refractivity contribution is 5.70. The van der Waals surface area contributed by atoms with E-state index in [-0.39, 0.29) is 6.10 Å². The molecule has 1 aliphatic heterocycles. The molecule has 0 aliphatic carbocycles. The van der Waals surface area contributed by atoms with Crippen LogP contribution in [-0.4, -0.2) is 30.4 Å². The lowest BCUT2D eigenvalue weighted by Gasteiger charge is -2.24. The number of ether oxygens (including phenoxy) is 2. The van der Waals surface area contributed by atoms with E-state index >= 15 is 0 Å². The molecule has 1 aliphatic rings. The highest BCUT2D eigenvalue weighted by Gasteiger charge is 2.19. The molecule has 1 aromatic rings. The molecule has 1 heterocycles. The van der Waals surface area contributed by atoms with Gasteiger partial charge >= 0.3 is 5.97 Å². The zero-order valence-corrected chi connectivity index (χ0v) is 11.2. The quantitative estimate of drug-likeness (QED) is 0.887. The van der Waals surface area contributed by atoms with Crippen LogP contribution in [0.4, 0.5) is 0 Å². The first kappa shape index (κ1) is 13.9. The van der Waals surface area contributed by atoms with Crippen LogP contribution in [0.1, 0.15) is 25.3 Å². The van der Waals surface area contributed by atoms with E-state index < -0.39 is 11.9 Å². The first-order valence-electron chi connectivity index (χ1n) is 6.72. The molecule has 2 unspecified atom stereocenters. The summed E-state index contributed by atoms with van der Waals surface area (Å²) in [6, 6.07) is 7.65. The van der Waals surface area contributed by atoms with Crippen molar-refractivity contribution in [3.8, 4) is 5.75 Å². The van der Waals surface area contributed by atoms with Gasteiger partial charge in [-0.25, -0.2) is 0 Å². The van der Waals surface area contributed by atoms with Crippen LogP contribution >= 0.6 is 0 Å². The molecule has 0 spiro atoms. The second-order valence-electron chi connectivity index (χ2n) is 5.01. The van der Waals surface area contributed by atoms with Gasteiger partial charge in [-0.1, -0.05) is 25.1 Å². The molecule has 0 amide bonds.